The molecule has 90 valence electrons. The highest BCUT2D eigenvalue weighted by atomic mass is 79.9. The summed E-state index contributed by atoms with van der Waals surface area (Å²) in [4.78, 5) is 0. The predicted octanol–water partition coefficient (Wildman–Crippen LogP) is 3.91. The minimum Gasteiger partial charge on any atom is -0.314 e. The Bertz CT molecular complexity index is 324. The maximum absolute atomic E-state index is 13.4. The zero-order valence-corrected chi connectivity index (χ0v) is 11.5. The molecular weight excluding hydrogens is 269 g/mol. The van der Waals surface area contributed by atoms with Gasteiger partial charge in [0.1, 0.15) is 5.82 Å². The van der Waals surface area contributed by atoms with E-state index in [0.717, 1.165) is 35.8 Å². The lowest BCUT2D eigenvalue weighted by Gasteiger charge is -2.14. The molecule has 1 aromatic rings. The monoisotopic (exact) mass is 287 g/mol. The summed E-state index contributed by atoms with van der Waals surface area (Å²) < 4.78 is 14.3. The molecule has 0 heterocycles. The first-order valence-corrected chi connectivity index (χ1v) is 6.64. The number of hydrogen-bond acceptors (Lipinski definition) is 1. The summed E-state index contributed by atoms with van der Waals surface area (Å²) in [6.45, 7) is 5.17. The number of halogens is 2. The molecule has 3 heteroatoms. The Hall–Kier alpha value is -0.410. The fraction of sp³-hybridized carbons (Fsp3) is 0.538. The van der Waals surface area contributed by atoms with Gasteiger partial charge in [-0.15, -0.1) is 0 Å². The average molecular weight is 288 g/mol. The van der Waals surface area contributed by atoms with Gasteiger partial charge in [0.05, 0.1) is 0 Å². The molecule has 0 radical (unpaired) electrons. The van der Waals surface area contributed by atoms with Crippen LogP contribution in [0.1, 0.15) is 32.3 Å². The van der Waals surface area contributed by atoms with Gasteiger partial charge >= 0.3 is 0 Å². The van der Waals surface area contributed by atoms with Gasteiger partial charge in [0.15, 0.2) is 0 Å². The van der Waals surface area contributed by atoms with E-state index >= 15 is 0 Å². The average Bonchev–Trinajstić information content (AvgIpc) is 2.29. The van der Waals surface area contributed by atoms with Gasteiger partial charge in [0, 0.05) is 10.5 Å². The van der Waals surface area contributed by atoms with Crippen molar-refractivity contribution < 1.29 is 4.39 Å². The van der Waals surface area contributed by atoms with Crippen LogP contribution in [0, 0.1) is 5.82 Å². The molecule has 0 atom stereocenters. The third kappa shape index (κ3) is 4.22. The minimum absolute atomic E-state index is 0.116. The molecule has 0 aliphatic heterocycles. The third-order valence-corrected chi connectivity index (χ3v) is 3.31. The largest absolute Gasteiger partial charge is 0.314 e. The molecule has 0 aliphatic carbocycles. The van der Waals surface area contributed by atoms with Gasteiger partial charge < -0.3 is 5.32 Å². The molecule has 0 bridgehead atoms. The maximum atomic E-state index is 13.4. The number of benzene rings is 1. The Labute approximate surface area is 106 Å². The van der Waals surface area contributed by atoms with E-state index in [2.05, 4.69) is 35.1 Å². The SMILES string of the molecule is CCC(CC)NCCc1cc(Br)ccc1F. The highest BCUT2D eigenvalue weighted by Crippen LogP contribution is 2.15. The van der Waals surface area contributed by atoms with Gasteiger partial charge in [-0.3, -0.25) is 0 Å². The van der Waals surface area contributed by atoms with Crippen LogP contribution in [0.25, 0.3) is 0 Å². The van der Waals surface area contributed by atoms with Gasteiger partial charge in [0.25, 0.3) is 0 Å². The van der Waals surface area contributed by atoms with Crippen LogP contribution >= 0.6 is 15.9 Å². The van der Waals surface area contributed by atoms with Crippen LogP contribution in [0.3, 0.4) is 0 Å². The molecule has 0 spiro atoms. The number of hydrogen-bond donors (Lipinski definition) is 1. The number of rotatable bonds is 6. The minimum atomic E-state index is -0.116. The van der Waals surface area contributed by atoms with Crippen molar-refractivity contribution in [2.75, 3.05) is 6.54 Å². The standard InChI is InChI=1S/C13H19BrFN/c1-3-12(4-2)16-8-7-10-9-11(14)5-6-13(10)15/h5-6,9,12,16H,3-4,7-8H2,1-2H3. The Morgan fingerprint density at radius 3 is 2.62 bits per heavy atom. The van der Waals surface area contributed by atoms with E-state index in [4.69, 9.17) is 0 Å². The molecule has 16 heavy (non-hydrogen) atoms. The van der Waals surface area contributed by atoms with Crippen LogP contribution < -0.4 is 5.32 Å². The van der Waals surface area contributed by atoms with E-state index in [0.29, 0.717) is 6.04 Å². The van der Waals surface area contributed by atoms with E-state index in [1.165, 1.54) is 6.07 Å². The van der Waals surface area contributed by atoms with Gasteiger partial charge in [-0.25, -0.2) is 4.39 Å². The van der Waals surface area contributed by atoms with Crippen molar-refractivity contribution in [3.05, 3.63) is 34.1 Å². The summed E-state index contributed by atoms with van der Waals surface area (Å²) in [6.07, 6.45) is 2.98. The molecule has 0 aromatic heterocycles. The molecule has 0 fully saturated rings. The third-order valence-electron chi connectivity index (χ3n) is 2.82. The van der Waals surface area contributed by atoms with Crippen LogP contribution in [0.15, 0.2) is 22.7 Å². The fourth-order valence-corrected chi connectivity index (χ4v) is 2.13. The summed E-state index contributed by atoms with van der Waals surface area (Å²) in [6, 6.07) is 5.64. The summed E-state index contributed by atoms with van der Waals surface area (Å²) >= 11 is 3.36. The zero-order valence-electron chi connectivity index (χ0n) is 9.89. The topological polar surface area (TPSA) is 12.0 Å². The van der Waals surface area contributed by atoms with Gasteiger partial charge in [0.2, 0.25) is 0 Å². The molecule has 0 saturated carbocycles. The molecule has 1 N–H and O–H groups in total. The Morgan fingerprint density at radius 2 is 2.00 bits per heavy atom. The summed E-state index contributed by atoms with van der Waals surface area (Å²) in [5.41, 5.74) is 0.771. The second-order valence-electron chi connectivity index (χ2n) is 3.95. The Balaban J connectivity index is 2.45. The number of nitrogens with one attached hydrogen (secondary N) is 1. The summed E-state index contributed by atoms with van der Waals surface area (Å²) in [7, 11) is 0. The van der Waals surface area contributed by atoms with Gasteiger partial charge in [-0.05, 0) is 49.6 Å². The first kappa shape index (κ1) is 13.7. The molecule has 0 amide bonds. The van der Waals surface area contributed by atoms with Gasteiger partial charge in [-0.2, -0.15) is 0 Å². The highest BCUT2D eigenvalue weighted by molar-refractivity contribution is 9.10. The first-order chi connectivity index (χ1) is 7.67. The van der Waals surface area contributed by atoms with Crippen molar-refractivity contribution in [2.45, 2.75) is 39.2 Å². The summed E-state index contributed by atoms with van der Waals surface area (Å²) in [5, 5.41) is 3.43. The van der Waals surface area contributed by atoms with Crippen molar-refractivity contribution >= 4 is 15.9 Å². The van der Waals surface area contributed by atoms with E-state index in [1.54, 1.807) is 6.07 Å². The van der Waals surface area contributed by atoms with E-state index in [1.807, 2.05) is 6.07 Å². The maximum Gasteiger partial charge on any atom is 0.126 e. The lowest BCUT2D eigenvalue weighted by atomic mass is 10.1. The quantitative estimate of drug-likeness (QED) is 0.837. The molecule has 0 unspecified atom stereocenters. The van der Waals surface area contributed by atoms with Crippen molar-refractivity contribution in [3.8, 4) is 0 Å². The normalized spacial score (nSPS) is 11.1. The lowest BCUT2D eigenvalue weighted by molar-refractivity contribution is 0.484. The first-order valence-electron chi connectivity index (χ1n) is 5.84. The fourth-order valence-electron chi connectivity index (χ4n) is 1.72. The van der Waals surface area contributed by atoms with Crippen LogP contribution in [0.2, 0.25) is 0 Å². The van der Waals surface area contributed by atoms with E-state index < -0.39 is 0 Å². The Morgan fingerprint density at radius 1 is 1.31 bits per heavy atom. The van der Waals surface area contributed by atoms with E-state index in [9.17, 15) is 4.39 Å². The van der Waals surface area contributed by atoms with Crippen LogP contribution in [-0.2, 0) is 6.42 Å². The molecular formula is C13H19BrFN. The lowest BCUT2D eigenvalue weighted by Crippen LogP contribution is -2.29. The molecule has 1 nitrogen and oxygen atoms in total. The summed E-state index contributed by atoms with van der Waals surface area (Å²) in [5.74, 6) is -0.116. The second-order valence-corrected chi connectivity index (χ2v) is 4.87. The van der Waals surface area contributed by atoms with E-state index in [-0.39, 0.29) is 5.82 Å². The van der Waals surface area contributed by atoms with Crippen molar-refractivity contribution in [2.24, 2.45) is 0 Å². The molecule has 1 rings (SSSR count). The molecule has 0 saturated heterocycles. The van der Waals surface area contributed by atoms with Gasteiger partial charge in [-0.1, -0.05) is 29.8 Å². The zero-order chi connectivity index (χ0) is 12.0. The van der Waals surface area contributed by atoms with Crippen LogP contribution in [-0.4, -0.2) is 12.6 Å². The van der Waals surface area contributed by atoms with Crippen LogP contribution in [0.4, 0.5) is 4.39 Å². The second kappa shape index (κ2) is 7.02. The predicted molar refractivity (Wildman–Crippen MR) is 70.2 cm³/mol. The van der Waals surface area contributed by atoms with Crippen molar-refractivity contribution in [1.82, 2.24) is 5.32 Å². The van der Waals surface area contributed by atoms with Crippen LogP contribution in [0.5, 0.6) is 0 Å². The van der Waals surface area contributed by atoms with Crippen molar-refractivity contribution in [3.63, 3.8) is 0 Å². The molecule has 0 aliphatic rings. The highest BCUT2D eigenvalue weighted by Gasteiger charge is 2.05. The smallest absolute Gasteiger partial charge is 0.126 e. The molecule has 1 aromatic carbocycles. The Kier molecular flexibility index (Phi) is 5.99. The van der Waals surface area contributed by atoms with Crippen molar-refractivity contribution in [1.29, 1.82) is 0 Å².